The van der Waals surface area contributed by atoms with Crippen LogP contribution in [0.1, 0.15) is 39.4 Å². The highest BCUT2D eigenvalue weighted by molar-refractivity contribution is 6.09. The Morgan fingerprint density at radius 1 is 0.604 bits per heavy atom. The predicted molar refractivity (Wildman–Crippen MR) is 216 cm³/mol. The molecule has 1 aromatic heterocycles. The third-order valence-corrected chi connectivity index (χ3v) is 10.7. The Hall–Kier alpha value is -6.72. The fourth-order valence-corrected chi connectivity index (χ4v) is 8.01. The lowest BCUT2D eigenvalue weighted by molar-refractivity contribution is 0.957. The fourth-order valence-electron chi connectivity index (χ4n) is 8.01. The first-order valence-corrected chi connectivity index (χ1v) is 18.2. The Kier molecular flexibility index (Phi) is 8.17. The summed E-state index contributed by atoms with van der Waals surface area (Å²) < 4.78 is 2.28. The van der Waals surface area contributed by atoms with Crippen molar-refractivity contribution in [1.29, 1.82) is 10.5 Å². The molecule has 1 unspecified atom stereocenters. The van der Waals surface area contributed by atoms with Crippen LogP contribution in [-0.4, -0.2) is 11.1 Å². The van der Waals surface area contributed by atoms with Crippen molar-refractivity contribution in [2.75, 3.05) is 6.54 Å². The quantitative estimate of drug-likeness (QED) is 0.162. The van der Waals surface area contributed by atoms with Crippen LogP contribution in [0.5, 0.6) is 0 Å². The summed E-state index contributed by atoms with van der Waals surface area (Å²) in [6.45, 7) is 3.07. The van der Waals surface area contributed by atoms with E-state index in [1.54, 1.807) is 0 Å². The van der Waals surface area contributed by atoms with Crippen LogP contribution < -0.4 is 5.32 Å². The average molecular weight is 681 g/mol. The van der Waals surface area contributed by atoms with E-state index in [1.165, 1.54) is 27.8 Å². The Balaban J connectivity index is 1.08. The molecule has 252 valence electrons. The highest BCUT2D eigenvalue weighted by Crippen LogP contribution is 2.38. The second kappa shape index (κ2) is 13.4. The van der Waals surface area contributed by atoms with Crippen molar-refractivity contribution >= 4 is 21.8 Å². The number of rotatable bonds is 8. The first-order valence-electron chi connectivity index (χ1n) is 18.2. The summed E-state index contributed by atoms with van der Waals surface area (Å²) in [5.74, 6) is 0. The number of aromatic nitrogens is 1. The summed E-state index contributed by atoms with van der Waals surface area (Å²) in [5.41, 5.74) is 16.3. The van der Waals surface area contributed by atoms with Gasteiger partial charge in [0.05, 0.1) is 28.2 Å². The van der Waals surface area contributed by atoms with Gasteiger partial charge in [0.2, 0.25) is 0 Å². The zero-order valence-electron chi connectivity index (χ0n) is 29.5. The van der Waals surface area contributed by atoms with Crippen molar-refractivity contribution in [2.24, 2.45) is 0 Å². The molecule has 7 aromatic carbocycles. The molecule has 4 heteroatoms. The van der Waals surface area contributed by atoms with Crippen molar-refractivity contribution < 1.29 is 0 Å². The molecule has 4 nitrogen and oxygen atoms in total. The monoisotopic (exact) mass is 680 g/mol. The smallest absolute Gasteiger partial charge is 0.100 e. The highest BCUT2D eigenvalue weighted by atomic mass is 15.1. The van der Waals surface area contributed by atoms with E-state index in [1.807, 2.05) is 24.3 Å². The molecule has 1 aliphatic heterocycles. The van der Waals surface area contributed by atoms with Crippen LogP contribution in [0.4, 0.5) is 0 Å². The van der Waals surface area contributed by atoms with E-state index in [4.69, 9.17) is 0 Å². The van der Waals surface area contributed by atoms with Gasteiger partial charge in [0, 0.05) is 34.6 Å². The molecule has 0 bridgehead atoms. The van der Waals surface area contributed by atoms with Gasteiger partial charge in [-0.2, -0.15) is 10.5 Å². The second-order valence-electron chi connectivity index (χ2n) is 13.9. The van der Waals surface area contributed by atoms with Crippen LogP contribution >= 0.6 is 0 Å². The Bertz CT molecular complexity index is 2770. The lowest BCUT2D eigenvalue weighted by atomic mass is 9.86. The molecule has 0 aliphatic carbocycles. The second-order valence-corrected chi connectivity index (χ2v) is 13.9. The van der Waals surface area contributed by atoms with Crippen molar-refractivity contribution in [1.82, 2.24) is 9.88 Å². The topological polar surface area (TPSA) is 74.5 Å². The normalized spacial score (nSPS) is 13.5. The van der Waals surface area contributed by atoms with Crippen molar-refractivity contribution in [3.05, 3.63) is 185 Å². The van der Waals surface area contributed by atoms with Gasteiger partial charge in [0.15, 0.2) is 0 Å². The molecule has 1 N–H and O–H groups in total. The molecule has 53 heavy (non-hydrogen) atoms. The third kappa shape index (κ3) is 5.86. The van der Waals surface area contributed by atoms with Gasteiger partial charge in [0.25, 0.3) is 0 Å². The van der Waals surface area contributed by atoms with Crippen LogP contribution in [0, 0.1) is 29.6 Å². The minimum atomic E-state index is 0.230. The van der Waals surface area contributed by atoms with E-state index in [9.17, 15) is 10.5 Å². The van der Waals surface area contributed by atoms with Crippen molar-refractivity contribution in [2.45, 2.75) is 25.8 Å². The number of nitrogens with zero attached hydrogens (tertiary/aromatic N) is 3. The summed E-state index contributed by atoms with van der Waals surface area (Å²) in [4.78, 5) is 0. The van der Waals surface area contributed by atoms with Gasteiger partial charge < -0.3 is 9.88 Å². The Morgan fingerprint density at radius 2 is 1.32 bits per heavy atom. The molecular formula is C49H36N4. The number of fused-ring (bicyclic) bond motifs is 3. The van der Waals surface area contributed by atoms with Gasteiger partial charge in [-0.05, 0) is 106 Å². The first kappa shape index (κ1) is 32.2. The summed E-state index contributed by atoms with van der Waals surface area (Å²) in [7, 11) is 0. The number of hydrogen-bond acceptors (Lipinski definition) is 3. The van der Waals surface area contributed by atoms with Crippen molar-refractivity contribution in [3.63, 3.8) is 0 Å². The number of hydrogen-bond donors (Lipinski definition) is 1. The first-order chi connectivity index (χ1) is 26.1. The van der Waals surface area contributed by atoms with Gasteiger partial charge in [0.1, 0.15) is 6.07 Å². The lowest BCUT2D eigenvalue weighted by Crippen LogP contribution is -2.02. The lowest BCUT2D eigenvalue weighted by Gasteiger charge is -2.17. The molecule has 0 radical (unpaired) electrons. The standard InChI is InChI=1S/C49H36N4/c1-32-9-2-4-13-40(32)41-14-5-3-10-35(41)20-23-37-24-25-42(46-31-52-46)45(30-51)49(37)36-21-18-34(19-22-36)38-11-8-12-39(28-38)53-47-16-7-6-15-43(47)44-27-33(29-50)17-26-48(44)53/h2-19,21-22,24-28,46,52H,20,23,31H2,1H3. The maximum atomic E-state index is 10.6. The van der Waals surface area contributed by atoms with E-state index in [0.29, 0.717) is 5.56 Å². The number of nitrogens with one attached hydrogen (secondary N) is 1. The van der Waals surface area contributed by atoms with Gasteiger partial charge in [-0.3, -0.25) is 0 Å². The van der Waals surface area contributed by atoms with Crippen LogP contribution in [-0.2, 0) is 12.8 Å². The zero-order valence-corrected chi connectivity index (χ0v) is 29.5. The molecule has 1 fully saturated rings. The summed E-state index contributed by atoms with van der Waals surface area (Å²) in [5, 5.41) is 25.8. The molecule has 0 spiro atoms. The van der Waals surface area contributed by atoms with E-state index in [2.05, 4.69) is 156 Å². The van der Waals surface area contributed by atoms with Gasteiger partial charge in [-0.1, -0.05) is 115 Å². The molecule has 1 atom stereocenters. The van der Waals surface area contributed by atoms with E-state index in [-0.39, 0.29) is 6.04 Å². The van der Waals surface area contributed by atoms with Crippen molar-refractivity contribution in [3.8, 4) is 51.2 Å². The van der Waals surface area contributed by atoms with Gasteiger partial charge in [-0.15, -0.1) is 0 Å². The molecule has 9 rings (SSSR count). The van der Waals surface area contributed by atoms with Crippen LogP contribution in [0.3, 0.4) is 0 Å². The van der Waals surface area contributed by atoms with Gasteiger partial charge >= 0.3 is 0 Å². The Morgan fingerprint density at radius 3 is 2.11 bits per heavy atom. The molecule has 0 amide bonds. The van der Waals surface area contributed by atoms with Crippen LogP contribution in [0.2, 0.25) is 0 Å². The maximum Gasteiger partial charge on any atom is 0.100 e. The van der Waals surface area contributed by atoms with Gasteiger partial charge in [-0.25, -0.2) is 0 Å². The summed E-state index contributed by atoms with van der Waals surface area (Å²) in [6, 6.07) is 58.5. The largest absolute Gasteiger partial charge is 0.309 e. The molecule has 2 heterocycles. The van der Waals surface area contributed by atoms with Crippen LogP contribution in [0.15, 0.2) is 152 Å². The summed E-state index contributed by atoms with van der Waals surface area (Å²) in [6.07, 6.45) is 1.69. The number of para-hydroxylation sites is 1. The Labute approximate surface area is 309 Å². The molecule has 8 aromatic rings. The molecule has 1 saturated heterocycles. The number of benzene rings is 7. The minimum Gasteiger partial charge on any atom is -0.309 e. The fraction of sp³-hybridized carbons (Fsp3) is 0.102. The predicted octanol–water partition coefficient (Wildman–Crippen LogP) is 11.3. The molecule has 0 saturated carbocycles. The van der Waals surface area contributed by atoms with E-state index < -0.39 is 0 Å². The van der Waals surface area contributed by atoms with Crippen LogP contribution in [0.25, 0.3) is 60.9 Å². The molecule has 1 aliphatic rings. The maximum absolute atomic E-state index is 10.6. The SMILES string of the molecule is Cc1ccccc1-c1ccccc1CCc1ccc(C2CN2)c(C#N)c1-c1ccc(-c2cccc(-n3c4ccccc4c4cc(C#N)ccc43)c2)cc1. The zero-order chi connectivity index (χ0) is 35.9. The average Bonchev–Trinajstić information content (AvgIpc) is 4.01. The highest BCUT2D eigenvalue weighted by Gasteiger charge is 2.28. The van der Waals surface area contributed by atoms with E-state index in [0.717, 1.165) is 80.3 Å². The number of aryl methyl sites for hydroxylation is 3. The summed E-state index contributed by atoms with van der Waals surface area (Å²) >= 11 is 0. The third-order valence-electron chi connectivity index (χ3n) is 10.7. The van der Waals surface area contributed by atoms with E-state index >= 15 is 0 Å². The minimum absolute atomic E-state index is 0.230. The number of nitriles is 2. The molecular weight excluding hydrogens is 645 g/mol.